The molecule has 0 bridgehead atoms. The first-order valence-corrected chi connectivity index (χ1v) is 5.34. The summed E-state index contributed by atoms with van der Waals surface area (Å²) in [5.74, 6) is 0. The molecule has 0 aliphatic rings. The highest BCUT2D eigenvalue weighted by atomic mass is 32.1. The summed E-state index contributed by atoms with van der Waals surface area (Å²) in [6, 6.07) is 2.25. The summed E-state index contributed by atoms with van der Waals surface area (Å²) < 4.78 is 0. The molecule has 0 unspecified atom stereocenters. The molecule has 0 aliphatic carbocycles. The van der Waals surface area contributed by atoms with E-state index in [1.165, 1.54) is 20.9 Å². The molecule has 0 saturated heterocycles. The van der Waals surface area contributed by atoms with Crippen LogP contribution in [0.3, 0.4) is 0 Å². The molecular weight excluding hydrogens is 178 g/mol. The first-order valence-electron chi connectivity index (χ1n) is 4.52. The molecule has 1 rings (SSSR count). The summed E-state index contributed by atoms with van der Waals surface area (Å²) in [4.78, 5) is 2.80. The van der Waals surface area contributed by atoms with Crippen LogP contribution in [0.5, 0.6) is 0 Å². The van der Waals surface area contributed by atoms with E-state index in [1.54, 1.807) is 0 Å². The lowest BCUT2D eigenvalue weighted by molar-refractivity contribution is 0.884. The second-order valence-electron chi connectivity index (χ2n) is 3.39. The highest BCUT2D eigenvalue weighted by molar-refractivity contribution is 7.12. The molecular formula is C11H17NS. The number of rotatable bonds is 3. The molecule has 1 N–H and O–H groups in total. The van der Waals surface area contributed by atoms with Crippen molar-refractivity contribution in [2.75, 3.05) is 13.6 Å². The van der Waals surface area contributed by atoms with Crippen LogP contribution in [0.25, 0.3) is 6.08 Å². The third kappa shape index (κ3) is 2.98. The smallest absolute Gasteiger partial charge is 0.0162 e. The molecule has 0 fully saturated rings. The van der Waals surface area contributed by atoms with E-state index in [0.29, 0.717) is 0 Å². The number of aryl methyl sites for hydroxylation is 2. The van der Waals surface area contributed by atoms with Crippen LogP contribution in [-0.4, -0.2) is 13.6 Å². The minimum Gasteiger partial charge on any atom is -0.316 e. The van der Waals surface area contributed by atoms with Crippen LogP contribution in [-0.2, 0) is 0 Å². The Bertz CT molecular complexity index is 310. The Morgan fingerprint density at radius 3 is 2.69 bits per heavy atom. The zero-order valence-electron chi connectivity index (χ0n) is 8.77. The van der Waals surface area contributed by atoms with Crippen molar-refractivity contribution in [3.8, 4) is 0 Å². The van der Waals surface area contributed by atoms with Gasteiger partial charge in [0, 0.05) is 16.3 Å². The van der Waals surface area contributed by atoms with Crippen molar-refractivity contribution < 1.29 is 0 Å². The monoisotopic (exact) mass is 195 g/mol. The van der Waals surface area contributed by atoms with Crippen molar-refractivity contribution >= 4 is 17.4 Å². The van der Waals surface area contributed by atoms with E-state index in [4.69, 9.17) is 0 Å². The fraction of sp³-hybridized carbons (Fsp3) is 0.455. The molecule has 2 heteroatoms. The Hall–Kier alpha value is -0.600. The minimum absolute atomic E-state index is 0.967. The van der Waals surface area contributed by atoms with Gasteiger partial charge in [0.2, 0.25) is 0 Å². The molecule has 0 aromatic carbocycles. The second kappa shape index (κ2) is 4.58. The topological polar surface area (TPSA) is 12.0 Å². The summed E-state index contributed by atoms with van der Waals surface area (Å²) in [5.41, 5.74) is 2.75. The van der Waals surface area contributed by atoms with Crippen LogP contribution in [0.4, 0.5) is 0 Å². The van der Waals surface area contributed by atoms with Crippen molar-refractivity contribution in [1.29, 1.82) is 0 Å². The SMILES string of the molecule is CNC/C(C)=C/c1cc(C)sc1C. The number of likely N-dealkylation sites (N-methyl/N-ethyl adjacent to an activating group) is 1. The number of thiophene rings is 1. The fourth-order valence-corrected chi connectivity index (χ4v) is 2.29. The Morgan fingerprint density at radius 2 is 2.23 bits per heavy atom. The maximum Gasteiger partial charge on any atom is 0.0162 e. The summed E-state index contributed by atoms with van der Waals surface area (Å²) in [6.45, 7) is 7.45. The van der Waals surface area contributed by atoms with Crippen LogP contribution >= 0.6 is 11.3 Å². The van der Waals surface area contributed by atoms with E-state index in [0.717, 1.165) is 6.54 Å². The van der Waals surface area contributed by atoms with Gasteiger partial charge in [0.05, 0.1) is 0 Å². The maximum atomic E-state index is 3.15. The van der Waals surface area contributed by atoms with E-state index < -0.39 is 0 Å². The van der Waals surface area contributed by atoms with E-state index in [-0.39, 0.29) is 0 Å². The highest BCUT2D eigenvalue weighted by Crippen LogP contribution is 2.22. The van der Waals surface area contributed by atoms with E-state index >= 15 is 0 Å². The van der Waals surface area contributed by atoms with Crippen LogP contribution in [0.1, 0.15) is 22.2 Å². The van der Waals surface area contributed by atoms with Gasteiger partial charge in [-0.05, 0) is 39.4 Å². The minimum atomic E-state index is 0.967. The average Bonchev–Trinajstić information content (AvgIpc) is 2.30. The first-order chi connectivity index (χ1) is 6.13. The summed E-state index contributed by atoms with van der Waals surface area (Å²) in [6.07, 6.45) is 2.26. The number of hydrogen-bond acceptors (Lipinski definition) is 2. The van der Waals surface area contributed by atoms with Crippen molar-refractivity contribution in [3.63, 3.8) is 0 Å². The molecule has 72 valence electrons. The van der Waals surface area contributed by atoms with Crippen LogP contribution in [0, 0.1) is 13.8 Å². The van der Waals surface area contributed by atoms with Crippen molar-refractivity contribution in [3.05, 3.63) is 27.0 Å². The van der Waals surface area contributed by atoms with Gasteiger partial charge in [0.1, 0.15) is 0 Å². The molecule has 0 saturated carbocycles. The van der Waals surface area contributed by atoms with Gasteiger partial charge in [0.15, 0.2) is 0 Å². The Morgan fingerprint density at radius 1 is 1.54 bits per heavy atom. The summed E-state index contributed by atoms with van der Waals surface area (Å²) in [7, 11) is 1.98. The predicted octanol–water partition coefficient (Wildman–Crippen LogP) is 2.99. The lowest BCUT2D eigenvalue weighted by Gasteiger charge is -1.98. The van der Waals surface area contributed by atoms with Crippen molar-refractivity contribution in [1.82, 2.24) is 5.32 Å². The summed E-state index contributed by atoms with van der Waals surface area (Å²) in [5, 5.41) is 3.15. The third-order valence-corrected chi connectivity index (χ3v) is 2.92. The molecule has 0 atom stereocenters. The molecule has 0 aliphatic heterocycles. The normalized spacial score (nSPS) is 12.2. The van der Waals surface area contributed by atoms with Gasteiger partial charge in [-0.25, -0.2) is 0 Å². The maximum absolute atomic E-state index is 3.15. The Labute approximate surface area is 84.5 Å². The summed E-state index contributed by atoms with van der Waals surface area (Å²) >= 11 is 1.86. The van der Waals surface area contributed by atoms with Crippen molar-refractivity contribution in [2.24, 2.45) is 0 Å². The zero-order valence-corrected chi connectivity index (χ0v) is 9.59. The molecule has 1 nitrogen and oxygen atoms in total. The molecule has 0 spiro atoms. The highest BCUT2D eigenvalue weighted by Gasteiger charge is 1.99. The average molecular weight is 195 g/mol. The van der Waals surface area contributed by atoms with Crippen LogP contribution in [0.15, 0.2) is 11.6 Å². The largest absolute Gasteiger partial charge is 0.316 e. The zero-order chi connectivity index (χ0) is 9.84. The molecule has 13 heavy (non-hydrogen) atoms. The van der Waals surface area contributed by atoms with Gasteiger partial charge in [0.25, 0.3) is 0 Å². The Balaban J connectivity index is 2.83. The van der Waals surface area contributed by atoms with Gasteiger partial charge in [-0.15, -0.1) is 11.3 Å². The lowest BCUT2D eigenvalue weighted by Crippen LogP contribution is -2.08. The van der Waals surface area contributed by atoms with Gasteiger partial charge in [-0.1, -0.05) is 11.6 Å². The van der Waals surface area contributed by atoms with Gasteiger partial charge >= 0.3 is 0 Å². The van der Waals surface area contributed by atoms with Gasteiger partial charge < -0.3 is 5.32 Å². The van der Waals surface area contributed by atoms with E-state index in [1.807, 2.05) is 18.4 Å². The third-order valence-electron chi connectivity index (χ3n) is 1.94. The number of nitrogens with one attached hydrogen (secondary N) is 1. The van der Waals surface area contributed by atoms with Crippen molar-refractivity contribution in [2.45, 2.75) is 20.8 Å². The molecule has 1 aromatic heterocycles. The molecule has 1 heterocycles. The van der Waals surface area contributed by atoms with Gasteiger partial charge in [-0.3, -0.25) is 0 Å². The van der Waals surface area contributed by atoms with E-state index in [9.17, 15) is 0 Å². The second-order valence-corrected chi connectivity index (χ2v) is 4.85. The van der Waals surface area contributed by atoms with Crippen LogP contribution < -0.4 is 5.32 Å². The standard InChI is InChI=1S/C11H17NS/c1-8(7-12-4)5-11-6-9(2)13-10(11)3/h5-6,12H,7H2,1-4H3/b8-5+. The predicted molar refractivity (Wildman–Crippen MR) is 61.4 cm³/mol. The van der Waals surface area contributed by atoms with E-state index in [2.05, 4.69) is 38.2 Å². The lowest BCUT2D eigenvalue weighted by atomic mass is 10.1. The quantitative estimate of drug-likeness (QED) is 0.782. The molecule has 0 radical (unpaired) electrons. The van der Waals surface area contributed by atoms with Gasteiger partial charge in [-0.2, -0.15) is 0 Å². The molecule has 1 aromatic rings. The first kappa shape index (κ1) is 10.5. The fourth-order valence-electron chi connectivity index (χ4n) is 1.39. The van der Waals surface area contributed by atoms with Crippen LogP contribution in [0.2, 0.25) is 0 Å². The molecule has 0 amide bonds. The Kier molecular flexibility index (Phi) is 3.70. The number of hydrogen-bond donors (Lipinski definition) is 1.